The first-order chi connectivity index (χ1) is 17.1. The summed E-state index contributed by atoms with van der Waals surface area (Å²) in [5.74, 6) is 2.11. The zero-order valence-electron chi connectivity index (χ0n) is 19.2. The van der Waals surface area contributed by atoms with Crippen molar-refractivity contribution in [2.45, 2.75) is 0 Å². The molecule has 1 amide bonds. The van der Waals surface area contributed by atoms with Crippen molar-refractivity contribution in [3.63, 3.8) is 0 Å². The molecule has 3 aromatic carbocycles. The molecule has 2 heterocycles. The van der Waals surface area contributed by atoms with Crippen LogP contribution in [0.3, 0.4) is 0 Å². The maximum Gasteiger partial charge on any atom is 0.269 e. The SMILES string of the molecule is CNC(=O)c1cc(Oc2ccc3[nH]c(Nc4cc(-c5ccccc5)ccc4OC)nc3c2)ccn1. The van der Waals surface area contributed by atoms with Gasteiger partial charge in [0.25, 0.3) is 5.91 Å². The number of hydrogen-bond donors (Lipinski definition) is 3. The molecule has 0 fully saturated rings. The van der Waals surface area contributed by atoms with Crippen molar-refractivity contribution in [1.29, 1.82) is 0 Å². The predicted molar refractivity (Wildman–Crippen MR) is 136 cm³/mol. The highest BCUT2D eigenvalue weighted by Gasteiger charge is 2.11. The molecule has 0 spiro atoms. The van der Waals surface area contributed by atoms with Crippen LogP contribution in [0.1, 0.15) is 10.5 Å². The third-order valence-corrected chi connectivity index (χ3v) is 5.44. The maximum atomic E-state index is 11.8. The monoisotopic (exact) mass is 465 g/mol. The van der Waals surface area contributed by atoms with E-state index in [-0.39, 0.29) is 11.6 Å². The van der Waals surface area contributed by atoms with Gasteiger partial charge in [0, 0.05) is 25.4 Å². The number of aromatic amines is 1. The summed E-state index contributed by atoms with van der Waals surface area (Å²) in [5, 5.41) is 5.89. The highest BCUT2D eigenvalue weighted by atomic mass is 16.5. The smallest absolute Gasteiger partial charge is 0.269 e. The fraction of sp³-hybridized carbons (Fsp3) is 0.0741. The summed E-state index contributed by atoms with van der Waals surface area (Å²) in [5.41, 5.74) is 4.82. The number of carbonyl (C=O) groups excluding carboxylic acids is 1. The number of nitrogens with one attached hydrogen (secondary N) is 3. The molecule has 0 saturated heterocycles. The molecular weight excluding hydrogens is 442 g/mol. The molecule has 35 heavy (non-hydrogen) atoms. The number of ether oxygens (including phenoxy) is 2. The van der Waals surface area contributed by atoms with Crippen molar-refractivity contribution in [1.82, 2.24) is 20.3 Å². The summed E-state index contributed by atoms with van der Waals surface area (Å²) in [6.07, 6.45) is 1.53. The van der Waals surface area contributed by atoms with Gasteiger partial charge >= 0.3 is 0 Å². The summed E-state index contributed by atoms with van der Waals surface area (Å²) in [6, 6.07) is 25.0. The van der Waals surface area contributed by atoms with Crippen LogP contribution in [0.2, 0.25) is 0 Å². The van der Waals surface area contributed by atoms with Gasteiger partial charge in [0.15, 0.2) is 0 Å². The van der Waals surface area contributed by atoms with Crippen LogP contribution in [0.25, 0.3) is 22.2 Å². The van der Waals surface area contributed by atoms with Crippen molar-refractivity contribution in [3.8, 4) is 28.4 Å². The lowest BCUT2D eigenvalue weighted by Gasteiger charge is -2.11. The summed E-state index contributed by atoms with van der Waals surface area (Å²) in [4.78, 5) is 23.8. The number of carbonyl (C=O) groups is 1. The number of H-pyrrole nitrogens is 1. The van der Waals surface area contributed by atoms with E-state index >= 15 is 0 Å². The Hall–Kier alpha value is -4.85. The molecule has 3 N–H and O–H groups in total. The minimum absolute atomic E-state index is 0.277. The number of anilines is 2. The lowest BCUT2D eigenvalue weighted by atomic mass is 10.0. The van der Waals surface area contributed by atoms with E-state index in [0.717, 1.165) is 27.8 Å². The Labute approximate surface area is 202 Å². The first-order valence-corrected chi connectivity index (χ1v) is 11.0. The highest BCUT2D eigenvalue weighted by Crippen LogP contribution is 2.33. The summed E-state index contributed by atoms with van der Waals surface area (Å²) in [6.45, 7) is 0. The van der Waals surface area contributed by atoms with E-state index in [4.69, 9.17) is 9.47 Å². The number of benzene rings is 3. The van der Waals surface area contributed by atoms with Crippen LogP contribution in [0.5, 0.6) is 17.2 Å². The van der Waals surface area contributed by atoms with Gasteiger partial charge < -0.3 is 25.1 Å². The van der Waals surface area contributed by atoms with Gasteiger partial charge in [0.2, 0.25) is 5.95 Å². The Kier molecular flexibility index (Phi) is 6.00. The zero-order chi connectivity index (χ0) is 24.2. The number of imidazole rings is 1. The van der Waals surface area contributed by atoms with Gasteiger partial charge in [-0.05, 0) is 41.5 Å². The minimum atomic E-state index is -0.277. The number of rotatable bonds is 7. The highest BCUT2D eigenvalue weighted by molar-refractivity contribution is 5.92. The third kappa shape index (κ3) is 4.77. The molecule has 174 valence electrons. The number of pyridine rings is 1. The molecule has 8 heteroatoms. The van der Waals surface area contributed by atoms with Gasteiger partial charge in [-0.2, -0.15) is 0 Å². The van der Waals surface area contributed by atoms with E-state index < -0.39 is 0 Å². The summed E-state index contributed by atoms with van der Waals surface area (Å²) >= 11 is 0. The van der Waals surface area contributed by atoms with E-state index in [9.17, 15) is 4.79 Å². The quantitative estimate of drug-likeness (QED) is 0.292. The van der Waals surface area contributed by atoms with Crippen LogP contribution in [0.4, 0.5) is 11.6 Å². The van der Waals surface area contributed by atoms with Gasteiger partial charge in [-0.1, -0.05) is 36.4 Å². The first-order valence-electron chi connectivity index (χ1n) is 11.0. The standard InChI is InChI=1S/C27H23N5O3/c1-28-26(33)24-16-20(12-13-29-24)35-19-9-10-21-22(15-19)31-27(30-21)32-23-14-18(8-11-25(23)34-2)17-6-4-3-5-7-17/h3-16H,1-2H3,(H,28,33)(H2,30,31,32). The van der Waals surface area contributed by atoms with Gasteiger partial charge in [0.05, 0.1) is 23.8 Å². The van der Waals surface area contributed by atoms with Crippen LogP contribution in [0.15, 0.2) is 85.1 Å². The molecule has 5 rings (SSSR count). The fourth-order valence-electron chi connectivity index (χ4n) is 3.71. The first kappa shape index (κ1) is 22.0. The number of hydrogen-bond acceptors (Lipinski definition) is 6. The van der Waals surface area contributed by atoms with Gasteiger partial charge in [-0.15, -0.1) is 0 Å². The molecule has 8 nitrogen and oxygen atoms in total. The van der Waals surface area contributed by atoms with Gasteiger partial charge in [0.1, 0.15) is 22.9 Å². The number of fused-ring (bicyclic) bond motifs is 1. The van der Waals surface area contributed by atoms with Crippen LogP contribution in [-0.4, -0.2) is 35.0 Å². The second-order valence-corrected chi connectivity index (χ2v) is 7.73. The Bertz CT molecular complexity index is 1500. The van der Waals surface area contributed by atoms with Gasteiger partial charge in [-0.3, -0.25) is 9.78 Å². The maximum absolute atomic E-state index is 11.8. The van der Waals surface area contributed by atoms with Crippen molar-refractivity contribution in [2.24, 2.45) is 0 Å². The second-order valence-electron chi connectivity index (χ2n) is 7.73. The lowest BCUT2D eigenvalue weighted by molar-refractivity contribution is 0.0958. The Morgan fingerprint density at radius 3 is 2.54 bits per heavy atom. The van der Waals surface area contributed by atoms with Crippen molar-refractivity contribution < 1.29 is 14.3 Å². The van der Waals surface area contributed by atoms with Crippen LogP contribution in [-0.2, 0) is 0 Å². The van der Waals surface area contributed by atoms with E-state index in [1.54, 1.807) is 26.3 Å². The normalized spacial score (nSPS) is 10.7. The van der Waals surface area contributed by atoms with Crippen molar-refractivity contribution in [2.75, 3.05) is 19.5 Å². The molecule has 0 saturated carbocycles. The van der Waals surface area contributed by atoms with E-state index in [1.165, 1.54) is 6.20 Å². The summed E-state index contributed by atoms with van der Waals surface area (Å²) < 4.78 is 11.5. The lowest BCUT2D eigenvalue weighted by Crippen LogP contribution is -2.18. The number of methoxy groups -OCH3 is 1. The molecule has 0 aliphatic rings. The fourth-order valence-corrected chi connectivity index (χ4v) is 3.71. The third-order valence-electron chi connectivity index (χ3n) is 5.44. The predicted octanol–water partition coefficient (Wildman–Crippen LogP) is 5.53. The Morgan fingerprint density at radius 2 is 1.74 bits per heavy atom. The number of amides is 1. The number of aromatic nitrogens is 3. The molecule has 0 radical (unpaired) electrons. The Balaban J connectivity index is 1.40. The molecule has 5 aromatic rings. The molecule has 0 bridgehead atoms. The topological polar surface area (TPSA) is 101 Å². The van der Waals surface area contributed by atoms with E-state index in [2.05, 4.69) is 37.7 Å². The van der Waals surface area contributed by atoms with Crippen LogP contribution in [0, 0.1) is 0 Å². The Morgan fingerprint density at radius 1 is 0.914 bits per heavy atom. The molecule has 0 aliphatic carbocycles. The molecule has 2 aromatic heterocycles. The number of nitrogens with zero attached hydrogens (tertiary/aromatic N) is 2. The second kappa shape index (κ2) is 9.56. The van der Waals surface area contributed by atoms with E-state index in [0.29, 0.717) is 23.2 Å². The summed E-state index contributed by atoms with van der Waals surface area (Å²) in [7, 11) is 3.20. The zero-order valence-corrected chi connectivity index (χ0v) is 19.2. The largest absolute Gasteiger partial charge is 0.495 e. The molecule has 0 atom stereocenters. The molecule has 0 aliphatic heterocycles. The van der Waals surface area contributed by atoms with E-state index in [1.807, 2.05) is 54.6 Å². The molecular formula is C27H23N5O3. The van der Waals surface area contributed by atoms with Crippen molar-refractivity contribution >= 4 is 28.6 Å². The average molecular weight is 466 g/mol. The average Bonchev–Trinajstić information content (AvgIpc) is 3.30. The van der Waals surface area contributed by atoms with Crippen LogP contribution >= 0.6 is 0 Å². The minimum Gasteiger partial charge on any atom is -0.495 e. The molecule has 0 unspecified atom stereocenters. The van der Waals surface area contributed by atoms with Crippen LogP contribution < -0.4 is 20.1 Å². The van der Waals surface area contributed by atoms with Crippen molar-refractivity contribution in [3.05, 3.63) is 90.8 Å². The van der Waals surface area contributed by atoms with Gasteiger partial charge in [-0.25, -0.2) is 4.98 Å².